The van der Waals surface area contributed by atoms with Gasteiger partial charge in [-0.05, 0) is 25.8 Å². The molecular weight excluding hydrogens is 254 g/mol. The molecule has 0 aliphatic carbocycles. The molecule has 0 aliphatic rings. The number of carbonyl (C=O) groups is 2. The summed E-state index contributed by atoms with van der Waals surface area (Å²) in [7, 11) is 0. The maximum Gasteiger partial charge on any atom is 0.330 e. The molecule has 1 unspecified atom stereocenters. The van der Waals surface area contributed by atoms with E-state index in [1.807, 2.05) is 19.9 Å². The molecule has 0 heterocycles. The lowest BCUT2D eigenvalue weighted by molar-refractivity contribution is -0.142. The number of hydrogen-bond donors (Lipinski definition) is 2. The average molecular weight is 277 g/mol. The predicted octanol–water partition coefficient (Wildman–Crippen LogP) is 3.13. The van der Waals surface area contributed by atoms with Crippen LogP contribution in [0.2, 0.25) is 0 Å². The third-order valence-electron chi connectivity index (χ3n) is 3.14. The summed E-state index contributed by atoms with van der Waals surface area (Å²) in [5.74, 6) is -1.23. The van der Waals surface area contributed by atoms with E-state index < -0.39 is 12.0 Å². The Bertz CT molecular complexity index is 462. The first-order valence-electron chi connectivity index (χ1n) is 7.04. The van der Waals surface area contributed by atoms with Crippen molar-refractivity contribution in [3.63, 3.8) is 0 Å². The number of benzene rings is 1. The molecule has 0 aliphatic heterocycles. The number of carboxylic acid groups (broad SMARTS) is 1. The minimum absolute atomic E-state index is 0.204. The summed E-state index contributed by atoms with van der Waals surface area (Å²) < 4.78 is 0. The van der Waals surface area contributed by atoms with Crippen LogP contribution in [0.25, 0.3) is 0 Å². The van der Waals surface area contributed by atoms with Crippen LogP contribution < -0.4 is 5.32 Å². The van der Waals surface area contributed by atoms with Gasteiger partial charge in [0.1, 0.15) is 0 Å². The van der Waals surface area contributed by atoms with Gasteiger partial charge in [-0.2, -0.15) is 0 Å². The molecule has 1 aromatic rings. The summed E-state index contributed by atoms with van der Waals surface area (Å²) >= 11 is 0. The van der Waals surface area contributed by atoms with Crippen molar-refractivity contribution in [2.45, 2.75) is 52.5 Å². The van der Waals surface area contributed by atoms with E-state index in [2.05, 4.69) is 12.2 Å². The van der Waals surface area contributed by atoms with Crippen molar-refractivity contribution in [2.24, 2.45) is 0 Å². The lowest BCUT2D eigenvalue weighted by atomic mass is 10.0. The highest BCUT2D eigenvalue weighted by atomic mass is 16.4. The molecule has 0 spiro atoms. The van der Waals surface area contributed by atoms with E-state index >= 15 is 0 Å². The summed E-state index contributed by atoms with van der Waals surface area (Å²) in [6, 6.07) is 4.62. The van der Waals surface area contributed by atoms with Crippen molar-refractivity contribution >= 4 is 11.9 Å². The number of aliphatic carboxylic acids is 1. The maximum absolute atomic E-state index is 11.8. The molecule has 0 fully saturated rings. The largest absolute Gasteiger partial charge is 0.479 e. The Morgan fingerprint density at radius 3 is 2.25 bits per heavy atom. The number of unbranched alkanes of at least 4 members (excludes halogenated alkanes) is 2. The Kier molecular flexibility index (Phi) is 6.22. The van der Waals surface area contributed by atoms with Crippen molar-refractivity contribution in [3.05, 3.63) is 34.9 Å². The molecule has 1 aromatic carbocycles. The average Bonchev–Trinajstić information content (AvgIpc) is 2.34. The van der Waals surface area contributed by atoms with Crippen LogP contribution in [-0.4, -0.2) is 17.0 Å². The second-order valence-corrected chi connectivity index (χ2v) is 5.22. The van der Waals surface area contributed by atoms with E-state index in [1.54, 1.807) is 12.1 Å². The van der Waals surface area contributed by atoms with Gasteiger partial charge in [-0.25, -0.2) is 4.79 Å². The number of aryl methyl sites for hydroxylation is 2. The van der Waals surface area contributed by atoms with E-state index in [0.29, 0.717) is 12.0 Å². The van der Waals surface area contributed by atoms with Gasteiger partial charge < -0.3 is 10.4 Å². The van der Waals surface area contributed by atoms with Crippen LogP contribution in [0, 0.1) is 13.8 Å². The summed E-state index contributed by atoms with van der Waals surface area (Å²) in [6.45, 7) is 5.89. The van der Waals surface area contributed by atoms with E-state index in [4.69, 9.17) is 0 Å². The van der Waals surface area contributed by atoms with Crippen LogP contribution in [0.4, 0.5) is 0 Å². The van der Waals surface area contributed by atoms with Crippen LogP contribution in [0.15, 0.2) is 18.2 Å². The van der Waals surface area contributed by atoms with Crippen molar-refractivity contribution in [3.8, 4) is 0 Å². The number of rotatable bonds is 7. The van der Waals surface area contributed by atoms with Gasteiger partial charge in [-0.3, -0.25) is 4.79 Å². The van der Waals surface area contributed by atoms with Gasteiger partial charge in [0.25, 0.3) is 0 Å². The fraction of sp³-hybridized carbons (Fsp3) is 0.500. The monoisotopic (exact) mass is 277 g/mol. The molecule has 0 aromatic heterocycles. The van der Waals surface area contributed by atoms with E-state index in [9.17, 15) is 14.7 Å². The van der Waals surface area contributed by atoms with E-state index in [-0.39, 0.29) is 5.91 Å². The molecular formula is C16H23NO3. The van der Waals surface area contributed by atoms with Crippen molar-refractivity contribution in [1.82, 2.24) is 5.32 Å². The SMILES string of the molecule is CCCCCC(=O)NC(C(=O)O)c1cc(C)cc(C)c1. The summed E-state index contributed by atoms with van der Waals surface area (Å²) in [4.78, 5) is 23.2. The number of carboxylic acids is 1. The zero-order valence-corrected chi connectivity index (χ0v) is 12.4. The first-order chi connectivity index (χ1) is 9.43. The molecule has 0 saturated heterocycles. The molecule has 1 rings (SSSR count). The van der Waals surface area contributed by atoms with Crippen molar-refractivity contribution in [1.29, 1.82) is 0 Å². The third-order valence-corrected chi connectivity index (χ3v) is 3.14. The standard InChI is InChI=1S/C16H23NO3/c1-4-5-6-7-14(18)17-15(16(19)20)13-9-11(2)8-12(3)10-13/h8-10,15H,4-7H2,1-3H3,(H,17,18)(H,19,20). The second-order valence-electron chi connectivity index (χ2n) is 5.22. The quantitative estimate of drug-likeness (QED) is 0.752. The number of nitrogens with one attached hydrogen (secondary N) is 1. The number of amides is 1. The lowest BCUT2D eigenvalue weighted by Crippen LogP contribution is -2.33. The Labute approximate surface area is 120 Å². The minimum Gasteiger partial charge on any atom is -0.479 e. The second kappa shape index (κ2) is 7.68. The van der Waals surface area contributed by atoms with Gasteiger partial charge in [0.2, 0.25) is 5.91 Å². The predicted molar refractivity (Wildman–Crippen MR) is 78.6 cm³/mol. The fourth-order valence-corrected chi connectivity index (χ4v) is 2.23. The zero-order chi connectivity index (χ0) is 15.1. The molecule has 2 N–H and O–H groups in total. The van der Waals surface area contributed by atoms with Crippen LogP contribution in [0.3, 0.4) is 0 Å². The highest BCUT2D eigenvalue weighted by molar-refractivity contribution is 5.84. The lowest BCUT2D eigenvalue weighted by Gasteiger charge is -2.16. The maximum atomic E-state index is 11.8. The first-order valence-corrected chi connectivity index (χ1v) is 7.04. The Morgan fingerprint density at radius 1 is 1.15 bits per heavy atom. The zero-order valence-electron chi connectivity index (χ0n) is 12.4. The summed E-state index contributed by atoms with van der Waals surface area (Å²) in [5, 5.41) is 11.9. The minimum atomic E-state index is -1.03. The fourth-order valence-electron chi connectivity index (χ4n) is 2.23. The molecule has 0 radical (unpaired) electrons. The molecule has 0 bridgehead atoms. The topological polar surface area (TPSA) is 66.4 Å². The van der Waals surface area contributed by atoms with Gasteiger partial charge in [-0.15, -0.1) is 0 Å². The van der Waals surface area contributed by atoms with Crippen LogP contribution in [-0.2, 0) is 9.59 Å². The first kappa shape index (κ1) is 16.2. The Morgan fingerprint density at radius 2 is 1.75 bits per heavy atom. The van der Waals surface area contributed by atoms with Gasteiger partial charge in [0.15, 0.2) is 6.04 Å². The van der Waals surface area contributed by atoms with Gasteiger partial charge in [0.05, 0.1) is 0 Å². The Balaban J connectivity index is 2.79. The normalized spacial score (nSPS) is 11.9. The Hall–Kier alpha value is -1.84. The van der Waals surface area contributed by atoms with Gasteiger partial charge >= 0.3 is 5.97 Å². The van der Waals surface area contributed by atoms with E-state index in [1.165, 1.54) is 0 Å². The van der Waals surface area contributed by atoms with Crippen LogP contribution in [0.5, 0.6) is 0 Å². The summed E-state index contributed by atoms with van der Waals surface area (Å²) in [5.41, 5.74) is 2.61. The van der Waals surface area contributed by atoms with Crippen molar-refractivity contribution < 1.29 is 14.7 Å². The van der Waals surface area contributed by atoms with Crippen LogP contribution >= 0.6 is 0 Å². The van der Waals surface area contributed by atoms with Crippen molar-refractivity contribution in [2.75, 3.05) is 0 Å². The van der Waals surface area contributed by atoms with E-state index in [0.717, 1.165) is 30.4 Å². The number of hydrogen-bond acceptors (Lipinski definition) is 2. The molecule has 4 nitrogen and oxygen atoms in total. The van der Waals surface area contributed by atoms with Gasteiger partial charge in [-0.1, -0.05) is 49.1 Å². The van der Waals surface area contributed by atoms with Crippen LogP contribution in [0.1, 0.15) is 55.3 Å². The highest BCUT2D eigenvalue weighted by Crippen LogP contribution is 2.18. The van der Waals surface area contributed by atoms with Gasteiger partial charge in [0, 0.05) is 6.42 Å². The molecule has 20 heavy (non-hydrogen) atoms. The smallest absolute Gasteiger partial charge is 0.330 e. The number of carbonyl (C=O) groups excluding carboxylic acids is 1. The third kappa shape index (κ3) is 5.03. The molecule has 4 heteroatoms. The molecule has 0 saturated carbocycles. The summed E-state index contributed by atoms with van der Waals surface area (Å²) in [6.07, 6.45) is 3.19. The molecule has 1 amide bonds. The molecule has 1 atom stereocenters. The highest BCUT2D eigenvalue weighted by Gasteiger charge is 2.22. The molecule has 110 valence electrons.